The molecule has 2 aromatic rings. The van der Waals surface area contributed by atoms with Crippen LogP contribution in [0.15, 0.2) is 42.5 Å². The Kier molecular flexibility index (Phi) is 7.17. The van der Waals surface area contributed by atoms with Gasteiger partial charge in [0.05, 0.1) is 0 Å². The number of hydrogen-bond acceptors (Lipinski definition) is 0. The second kappa shape index (κ2) is 9.58. The van der Waals surface area contributed by atoms with Crippen LogP contribution in [0.2, 0.25) is 0 Å². The Morgan fingerprint density at radius 1 is 0.731 bits per heavy atom. The van der Waals surface area contributed by atoms with Crippen LogP contribution < -0.4 is 0 Å². The molecule has 0 spiro atoms. The average Bonchev–Trinajstić information content (AvgIpc) is 3.26. The van der Waals surface area contributed by atoms with Crippen molar-refractivity contribution in [3.8, 4) is 0 Å². The molecule has 0 amide bonds. The summed E-state index contributed by atoms with van der Waals surface area (Å²) in [7, 11) is 0. The zero-order valence-corrected chi connectivity index (χ0v) is 17.2. The fourth-order valence-electron chi connectivity index (χ4n) is 5.18. The Morgan fingerprint density at radius 2 is 1.46 bits per heavy atom. The molecule has 0 N–H and O–H groups in total. The molecule has 3 saturated carbocycles. The highest BCUT2D eigenvalue weighted by Crippen LogP contribution is 2.47. The van der Waals surface area contributed by atoms with Gasteiger partial charge >= 0.3 is 0 Å². The molecule has 3 fully saturated rings. The molecule has 0 nitrogen and oxygen atoms in total. The van der Waals surface area contributed by atoms with E-state index < -0.39 is 0 Å². The molecule has 5 rings (SSSR count). The normalized spacial score (nSPS) is 27.4. The van der Waals surface area contributed by atoms with E-state index in [1.807, 2.05) is 0 Å². The minimum atomic E-state index is 1.04. The quantitative estimate of drug-likeness (QED) is 0.449. The van der Waals surface area contributed by atoms with Crippen molar-refractivity contribution >= 4 is 10.8 Å². The van der Waals surface area contributed by atoms with Crippen molar-refractivity contribution in [1.82, 2.24) is 0 Å². The van der Waals surface area contributed by atoms with Crippen molar-refractivity contribution in [2.24, 2.45) is 23.7 Å². The first kappa shape index (κ1) is 19.5. The molecule has 0 saturated heterocycles. The predicted octanol–water partition coefficient (Wildman–Crippen LogP) is 8.18. The second-order valence-corrected chi connectivity index (χ2v) is 9.25. The van der Waals surface area contributed by atoms with Gasteiger partial charge in [-0.05, 0) is 60.6 Å². The van der Waals surface area contributed by atoms with Gasteiger partial charge in [0.25, 0.3) is 0 Å². The Labute approximate surface area is 161 Å². The number of fused-ring (bicyclic) bond motifs is 3. The summed E-state index contributed by atoms with van der Waals surface area (Å²) in [6, 6.07) is 14.9. The van der Waals surface area contributed by atoms with Gasteiger partial charge in [0.1, 0.15) is 0 Å². The lowest BCUT2D eigenvalue weighted by atomic mass is 9.91. The molecule has 142 valence electrons. The maximum Gasteiger partial charge on any atom is -0.0181 e. The van der Waals surface area contributed by atoms with Crippen molar-refractivity contribution in [1.29, 1.82) is 0 Å². The van der Waals surface area contributed by atoms with Crippen LogP contribution in [-0.4, -0.2) is 0 Å². The SMILES string of the molecule is CC1CC2CCC1C2.CC1CCCCC1.Cc1ccc2ccccc2c1. The van der Waals surface area contributed by atoms with E-state index in [2.05, 4.69) is 63.2 Å². The second-order valence-electron chi connectivity index (χ2n) is 9.25. The Bertz CT molecular complexity index is 663. The molecule has 0 aromatic heterocycles. The summed E-state index contributed by atoms with van der Waals surface area (Å²) in [6.45, 7) is 6.90. The molecule has 2 bridgehead atoms. The highest BCUT2D eigenvalue weighted by molar-refractivity contribution is 5.82. The molecule has 0 aliphatic heterocycles. The summed E-state index contributed by atoms with van der Waals surface area (Å²) < 4.78 is 0. The van der Waals surface area contributed by atoms with Crippen molar-refractivity contribution < 1.29 is 0 Å². The molecule has 26 heavy (non-hydrogen) atoms. The van der Waals surface area contributed by atoms with Gasteiger partial charge in [0.15, 0.2) is 0 Å². The van der Waals surface area contributed by atoms with Gasteiger partial charge in [-0.25, -0.2) is 0 Å². The largest absolute Gasteiger partial charge is 0.0625 e. The van der Waals surface area contributed by atoms with Crippen LogP contribution in [0, 0.1) is 30.6 Å². The molecule has 3 aliphatic rings. The van der Waals surface area contributed by atoms with Crippen LogP contribution in [-0.2, 0) is 0 Å². The molecule has 2 aromatic carbocycles. The third-order valence-electron chi connectivity index (χ3n) is 6.89. The summed E-state index contributed by atoms with van der Waals surface area (Å²) >= 11 is 0. The summed E-state index contributed by atoms with van der Waals surface area (Å²) in [5, 5.41) is 2.64. The van der Waals surface area contributed by atoms with Crippen LogP contribution in [0.5, 0.6) is 0 Å². The highest BCUT2D eigenvalue weighted by Gasteiger charge is 2.36. The van der Waals surface area contributed by atoms with Crippen molar-refractivity contribution in [3.63, 3.8) is 0 Å². The topological polar surface area (TPSA) is 0 Å². The van der Waals surface area contributed by atoms with E-state index in [0.717, 1.165) is 23.7 Å². The van der Waals surface area contributed by atoms with Gasteiger partial charge in [0.2, 0.25) is 0 Å². The van der Waals surface area contributed by atoms with Gasteiger partial charge < -0.3 is 0 Å². The first-order chi connectivity index (χ1) is 12.6. The molecule has 3 unspecified atom stereocenters. The van der Waals surface area contributed by atoms with Crippen LogP contribution in [0.25, 0.3) is 10.8 Å². The monoisotopic (exact) mass is 350 g/mol. The maximum absolute atomic E-state index is 2.42. The Hall–Kier alpha value is -1.30. The third kappa shape index (κ3) is 5.60. The minimum Gasteiger partial charge on any atom is -0.0625 e. The van der Waals surface area contributed by atoms with Gasteiger partial charge in [-0.1, -0.05) is 100 Å². The third-order valence-corrected chi connectivity index (χ3v) is 6.89. The van der Waals surface area contributed by atoms with E-state index in [9.17, 15) is 0 Å². The lowest BCUT2D eigenvalue weighted by Gasteiger charge is -2.15. The van der Waals surface area contributed by atoms with Gasteiger partial charge in [-0.3, -0.25) is 0 Å². The predicted molar refractivity (Wildman–Crippen MR) is 116 cm³/mol. The maximum atomic E-state index is 2.42. The Balaban J connectivity index is 0.000000117. The standard InChI is InChI=1S/C11H10.C8H14.C7H14/c1-9-6-7-10-4-2-3-5-11(10)8-9;1-6-4-7-2-3-8(6)5-7;1-7-5-3-2-4-6-7/h2-8H,1H3;6-8H,2-5H2,1H3;7H,2-6H2,1H3. The number of rotatable bonds is 0. The van der Waals surface area contributed by atoms with E-state index in [4.69, 9.17) is 0 Å². The zero-order valence-electron chi connectivity index (χ0n) is 17.2. The van der Waals surface area contributed by atoms with E-state index in [-0.39, 0.29) is 0 Å². The molecule has 0 heterocycles. The number of benzene rings is 2. The molecular weight excluding hydrogens is 312 g/mol. The van der Waals surface area contributed by atoms with E-state index in [1.165, 1.54) is 48.4 Å². The summed E-state index contributed by atoms with van der Waals surface area (Å²) in [4.78, 5) is 0. The fourth-order valence-corrected chi connectivity index (χ4v) is 5.18. The zero-order chi connectivity index (χ0) is 18.4. The van der Waals surface area contributed by atoms with E-state index >= 15 is 0 Å². The van der Waals surface area contributed by atoms with Gasteiger partial charge in [-0.15, -0.1) is 0 Å². The molecule has 3 aliphatic carbocycles. The van der Waals surface area contributed by atoms with Crippen LogP contribution in [0.3, 0.4) is 0 Å². The Morgan fingerprint density at radius 3 is 1.96 bits per heavy atom. The van der Waals surface area contributed by atoms with Gasteiger partial charge in [0, 0.05) is 0 Å². The fraction of sp³-hybridized carbons (Fsp3) is 0.615. The smallest absolute Gasteiger partial charge is 0.0181 e. The highest BCUT2D eigenvalue weighted by atomic mass is 14.4. The van der Waals surface area contributed by atoms with Crippen molar-refractivity contribution in [2.45, 2.75) is 78.6 Å². The van der Waals surface area contributed by atoms with Gasteiger partial charge in [-0.2, -0.15) is 0 Å². The summed E-state index contributed by atoms with van der Waals surface area (Å²) in [5.41, 5.74) is 1.32. The summed E-state index contributed by atoms with van der Waals surface area (Å²) in [6.07, 6.45) is 13.7. The number of aryl methyl sites for hydroxylation is 1. The van der Waals surface area contributed by atoms with Crippen molar-refractivity contribution in [3.05, 3.63) is 48.0 Å². The lowest BCUT2D eigenvalue weighted by molar-refractivity contribution is 0.360. The minimum absolute atomic E-state index is 1.04. The molecular formula is C26H38. The van der Waals surface area contributed by atoms with Crippen LogP contribution in [0.4, 0.5) is 0 Å². The van der Waals surface area contributed by atoms with E-state index in [1.54, 1.807) is 25.7 Å². The first-order valence-electron chi connectivity index (χ1n) is 11.1. The lowest BCUT2D eigenvalue weighted by Crippen LogP contribution is -2.04. The van der Waals surface area contributed by atoms with E-state index in [0.29, 0.717) is 0 Å². The van der Waals surface area contributed by atoms with Crippen LogP contribution in [0.1, 0.15) is 77.2 Å². The van der Waals surface area contributed by atoms with Crippen LogP contribution >= 0.6 is 0 Å². The number of hydrogen-bond donors (Lipinski definition) is 0. The molecule has 0 heteroatoms. The summed E-state index contributed by atoms with van der Waals surface area (Å²) in [5.74, 6) is 4.40. The average molecular weight is 351 g/mol. The van der Waals surface area contributed by atoms with Crippen molar-refractivity contribution in [2.75, 3.05) is 0 Å². The first-order valence-corrected chi connectivity index (χ1v) is 11.1. The molecule has 3 atom stereocenters. The molecule has 0 radical (unpaired) electrons.